The van der Waals surface area contributed by atoms with Gasteiger partial charge in [0.1, 0.15) is 5.75 Å². The minimum atomic E-state index is 0.00290. The molecule has 4 nitrogen and oxygen atoms in total. The zero-order chi connectivity index (χ0) is 16.9. The van der Waals surface area contributed by atoms with Gasteiger partial charge in [0.15, 0.2) is 0 Å². The zero-order valence-corrected chi connectivity index (χ0v) is 14.1. The van der Waals surface area contributed by atoms with Crippen molar-refractivity contribution in [2.75, 3.05) is 20.2 Å². The highest BCUT2D eigenvalue weighted by Crippen LogP contribution is 2.30. The Labute approximate surface area is 143 Å². The van der Waals surface area contributed by atoms with Gasteiger partial charge in [0.05, 0.1) is 12.2 Å². The summed E-state index contributed by atoms with van der Waals surface area (Å²) in [5, 5.41) is 0. The quantitative estimate of drug-likeness (QED) is 0.889. The molecule has 0 saturated carbocycles. The maximum absolute atomic E-state index is 13.0. The molecule has 0 bridgehead atoms. The van der Waals surface area contributed by atoms with Crippen LogP contribution in [0.2, 0.25) is 0 Å². The van der Waals surface area contributed by atoms with Crippen molar-refractivity contribution >= 4 is 5.91 Å². The molecule has 2 aromatic carbocycles. The Bertz CT molecular complexity index is 700. The molecule has 24 heavy (non-hydrogen) atoms. The van der Waals surface area contributed by atoms with Gasteiger partial charge in [-0.2, -0.15) is 0 Å². The molecule has 0 saturated heterocycles. The first-order valence-corrected chi connectivity index (χ1v) is 8.46. The van der Waals surface area contributed by atoms with Gasteiger partial charge < -0.3 is 15.4 Å². The number of benzene rings is 2. The lowest BCUT2D eigenvalue weighted by atomic mass is 10.0. The van der Waals surface area contributed by atoms with E-state index in [9.17, 15) is 4.79 Å². The number of fused-ring (bicyclic) bond motifs is 1. The van der Waals surface area contributed by atoms with Gasteiger partial charge in [0.25, 0.3) is 5.91 Å². The molecule has 1 unspecified atom stereocenters. The van der Waals surface area contributed by atoms with Crippen LogP contribution in [0.1, 0.15) is 27.9 Å². The van der Waals surface area contributed by atoms with E-state index in [1.54, 1.807) is 0 Å². The van der Waals surface area contributed by atoms with E-state index in [4.69, 9.17) is 10.5 Å². The Kier molecular flexibility index (Phi) is 5.16. The van der Waals surface area contributed by atoms with Crippen molar-refractivity contribution in [1.29, 1.82) is 0 Å². The Morgan fingerprint density at radius 2 is 2.00 bits per heavy atom. The van der Waals surface area contributed by atoms with E-state index in [0.717, 1.165) is 30.6 Å². The number of amides is 1. The predicted molar refractivity (Wildman–Crippen MR) is 95.3 cm³/mol. The van der Waals surface area contributed by atoms with Crippen LogP contribution in [0.4, 0.5) is 0 Å². The Morgan fingerprint density at radius 1 is 1.21 bits per heavy atom. The first-order valence-electron chi connectivity index (χ1n) is 8.46. The van der Waals surface area contributed by atoms with Gasteiger partial charge in [-0.15, -0.1) is 0 Å². The average molecular weight is 324 g/mol. The monoisotopic (exact) mass is 324 g/mol. The summed E-state index contributed by atoms with van der Waals surface area (Å²) in [6, 6.07) is 16.1. The fraction of sp³-hybridized carbons (Fsp3) is 0.350. The van der Waals surface area contributed by atoms with E-state index in [0.29, 0.717) is 18.7 Å². The summed E-state index contributed by atoms with van der Waals surface area (Å²) in [6.07, 6.45) is 2.44. The van der Waals surface area contributed by atoms with Crippen LogP contribution in [0, 0.1) is 0 Å². The summed E-state index contributed by atoms with van der Waals surface area (Å²) in [5.41, 5.74) is 8.77. The first-order chi connectivity index (χ1) is 11.7. The van der Waals surface area contributed by atoms with E-state index < -0.39 is 0 Å². The summed E-state index contributed by atoms with van der Waals surface area (Å²) in [5.74, 6) is 0.753. The van der Waals surface area contributed by atoms with Crippen molar-refractivity contribution in [3.63, 3.8) is 0 Å². The number of nitrogens with zero attached hydrogens (tertiary/aromatic N) is 1. The Balaban J connectivity index is 1.81. The summed E-state index contributed by atoms with van der Waals surface area (Å²) in [6.45, 7) is 1.21. The third kappa shape index (κ3) is 3.44. The third-order valence-corrected chi connectivity index (χ3v) is 4.63. The lowest BCUT2D eigenvalue weighted by Crippen LogP contribution is -2.40. The molecule has 1 aliphatic rings. The number of ether oxygens (including phenoxy) is 1. The molecule has 1 atom stereocenters. The van der Waals surface area contributed by atoms with Gasteiger partial charge in [-0.1, -0.05) is 42.5 Å². The van der Waals surface area contributed by atoms with Gasteiger partial charge in [-0.3, -0.25) is 4.79 Å². The lowest BCUT2D eigenvalue weighted by molar-refractivity contribution is 0.0722. The van der Waals surface area contributed by atoms with Gasteiger partial charge in [0.2, 0.25) is 0 Å². The normalized spacial score (nSPS) is 13.9. The van der Waals surface area contributed by atoms with Crippen LogP contribution >= 0.6 is 0 Å². The van der Waals surface area contributed by atoms with Gasteiger partial charge >= 0.3 is 0 Å². The summed E-state index contributed by atoms with van der Waals surface area (Å²) < 4.78 is 5.69. The van der Waals surface area contributed by atoms with E-state index >= 15 is 0 Å². The van der Waals surface area contributed by atoms with Crippen LogP contribution < -0.4 is 10.5 Å². The van der Waals surface area contributed by atoms with Crippen LogP contribution in [0.5, 0.6) is 5.75 Å². The second-order valence-electron chi connectivity index (χ2n) is 6.23. The third-order valence-electron chi connectivity index (χ3n) is 4.63. The molecule has 2 N–H and O–H groups in total. The molecule has 3 rings (SSSR count). The highest BCUT2D eigenvalue weighted by atomic mass is 16.5. The molecule has 126 valence electrons. The number of hydrogen-bond donors (Lipinski definition) is 1. The largest absolute Gasteiger partial charge is 0.492 e. The smallest absolute Gasteiger partial charge is 0.257 e. The van der Waals surface area contributed by atoms with Crippen LogP contribution in [0.15, 0.2) is 48.5 Å². The van der Waals surface area contributed by atoms with Crippen molar-refractivity contribution in [2.24, 2.45) is 5.73 Å². The summed E-state index contributed by atoms with van der Waals surface area (Å²) >= 11 is 0. The highest BCUT2D eigenvalue weighted by molar-refractivity contribution is 5.97. The maximum Gasteiger partial charge on any atom is 0.257 e. The number of para-hydroxylation sites is 1. The average Bonchev–Trinajstić information content (AvgIpc) is 3.10. The van der Waals surface area contributed by atoms with Crippen molar-refractivity contribution in [3.05, 3.63) is 65.2 Å². The number of nitrogens with two attached hydrogens (primary N) is 1. The molecule has 0 fully saturated rings. The predicted octanol–water partition coefficient (Wildman–Crippen LogP) is 2.65. The molecular formula is C20H24N2O2. The fourth-order valence-corrected chi connectivity index (χ4v) is 3.25. The van der Waals surface area contributed by atoms with E-state index in [2.05, 4.69) is 12.1 Å². The fourth-order valence-electron chi connectivity index (χ4n) is 3.25. The molecule has 4 heteroatoms. The molecule has 0 radical (unpaired) electrons. The van der Waals surface area contributed by atoms with Crippen LogP contribution in [-0.4, -0.2) is 37.0 Å². The first kappa shape index (κ1) is 16.5. The van der Waals surface area contributed by atoms with E-state index in [1.165, 1.54) is 5.56 Å². The number of hydrogen-bond acceptors (Lipinski definition) is 3. The molecule has 1 heterocycles. The van der Waals surface area contributed by atoms with Crippen molar-refractivity contribution < 1.29 is 9.53 Å². The molecule has 0 spiro atoms. The molecule has 1 aliphatic heterocycles. The SMILES string of the molecule is CN(C(=O)c1cccc2c1OCC2)C(CCN)Cc1ccccc1. The topological polar surface area (TPSA) is 55.6 Å². The summed E-state index contributed by atoms with van der Waals surface area (Å²) in [4.78, 5) is 14.8. The Morgan fingerprint density at radius 3 is 2.75 bits per heavy atom. The van der Waals surface area contributed by atoms with Gasteiger partial charge in [-0.05, 0) is 36.6 Å². The second kappa shape index (κ2) is 7.49. The highest BCUT2D eigenvalue weighted by Gasteiger charge is 2.26. The van der Waals surface area contributed by atoms with E-state index in [1.807, 2.05) is 48.3 Å². The number of likely N-dealkylation sites (N-methyl/N-ethyl adjacent to an activating group) is 1. The van der Waals surface area contributed by atoms with Crippen LogP contribution in [0.25, 0.3) is 0 Å². The molecule has 0 aromatic heterocycles. The Hall–Kier alpha value is -2.33. The van der Waals surface area contributed by atoms with Crippen molar-refractivity contribution in [3.8, 4) is 5.75 Å². The van der Waals surface area contributed by atoms with Gasteiger partial charge in [0, 0.05) is 19.5 Å². The summed E-state index contributed by atoms with van der Waals surface area (Å²) in [7, 11) is 1.86. The minimum Gasteiger partial charge on any atom is -0.492 e. The molecule has 0 aliphatic carbocycles. The van der Waals surface area contributed by atoms with Gasteiger partial charge in [-0.25, -0.2) is 0 Å². The molecular weight excluding hydrogens is 300 g/mol. The number of rotatable bonds is 6. The van der Waals surface area contributed by atoms with Crippen LogP contribution in [0.3, 0.4) is 0 Å². The minimum absolute atomic E-state index is 0.00290. The standard InChI is InChI=1S/C20H24N2O2/c1-22(17(10-12-21)14-15-6-3-2-4-7-15)20(23)18-9-5-8-16-11-13-24-19(16)18/h2-9,17H,10-14,21H2,1H3. The van der Waals surface area contributed by atoms with Crippen molar-refractivity contribution in [1.82, 2.24) is 4.90 Å². The lowest BCUT2D eigenvalue weighted by Gasteiger charge is -2.28. The zero-order valence-electron chi connectivity index (χ0n) is 14.1. The van der Waals surface area contributed by atoms with Crippen LogP contribution in [-0.2, 0) is 12.8 Å². The molecule has 2 aromatic rings. The number of carbonyl (C=O) groups is 1. The number of carbonyl (C=O) groups excluding carboxylic acids is 1. The van der Waals surface area contributed by atoms with E-state index in [-0.39, 0.29) is 11.9 Å². The second-order valence-corrected chi connectivity index (χ2v) is 6.23. The maximum atomic E-state index is 13.0. The molecule has 1 amide bonds. The van der Waals surface area contributed by atoms with Crippen molar-refractivity contribution in [2.45, 2.75) is 25.3 Å².